The van der Waals surface area contributed by atoms with Gasteiger partial charge in [-0.15, -0.1) is 0 Å². The third kappa shape index (κ3) is 24.2. The maximum atomic E-state index is 11.2. The fourth-order valence-electron chi connectivity index (χ4n) is 5.15. The molecule has 216 valence electrons. The van der Waals surface area contributed by atoms with Crippen LogP contribution in [0.25, 0.3) is 0 Å². The van der Waals surface area contributed by atoms with Crippen LogP contribution in [0, 0.1) is 0 Å². The Kier molecular flexibility index (Phi) is 23.2. The molecular weight excluding hydrogens is 470 g/mol. The molecule has 0 radical (unpaired) electrons. The van der Waals surface area contributed by atoms with E-state index in [1.165, 1.54) is 103 Å². The van der Waals surface area contributed by atoms with E-state index in [9.17, 15) is 14.4 Å². The molecule has 0 aliphatic rings. The maximum absolute atomic E-state index is 11.2. The van der Waals surface area contributed by atoms with E-state index in [0.29, 0.717) is 6.42 Å². The van der Waals surface area contributed by atoms with E-state index < -0.39 is 42.0 Å². The maximum Gasteiger partial charge on any atom is 0.359 e. The van der Waals surface area contributed by atoms with Gasteiger partial charge in [0.1, 0.15) is 0 Å². The Labute approximate surface area is 225 Å². The molecule has 0 saturated carbocycles. The normalized spacial score (nSPS) is 11.8. The van der Waals surface area contributed by atoms with Crippen LogP contribution in [0.5, 0.6) is 0 Å². The molecule has 0 atom stereocenters. The largest absolute Gasteiger partial charge is 0.477 e. The molecule has 0 spiro atoms. The third-order valence-corrected chi connectivity index (χ3v) is 7.15. The minimum absolute atomic E-state index is 0.266. The minimum atomic E-state index is -1.17. The summed E-state index contributed by atoms with van der Waals surface area (Å²) >= 11 is 0. The van der Waals surface area contributed by atoms with Gasteiger partial charge >= 0.3 is 17.9 Å². The molecule has 0 heterocycles. The fourth-order valence-corrected chi connectivity index (χ4v) is 5.15. The van der Waals surface area contributed by atoms with Crippen LogP contribution in [0.3, 0.4) is 0 Å². The number of aliphatic carboxylic acids is 3. The smallest absolute Gasteiger partial charge is 0.359 e. The molecule has 0 unspecified atom stereocenters. The number of carboxylic acids is 3. The highest BCUT2D eigenvalue weighted by Gasteiger charge is 2.35. The van der Waals surface area contributed by atoms with Gasteiger partial charge in [0.05, 0.1) is 6.54 Å². The Morgan fingerprint density at radius 1 is 0.486 bits per heavy atom. The number of rotatable bonds is 28. The van der Waals surface area contributed by atoms with Crippen LogP contribution in [0.2, 0.25) is 0 Å². The quantitative estimate of drug-likeness (QED) is 0.0555. The highest BCUT2D eigenvalue weighted by atomic mass is 16.4. The van der Waals surface area contributed by atoms with E-state index in [-0.39, 0.29) is 6.54 Å². The van der Waals surface area contributed by atoms with Crippen LogP contribution in [-0.4, -0.2) is 63.9 Å². The molecule has 0 amide bonds. The van der Waals surface area contributed by atoms with Crippen molar-refractivity contribution in [2.75, 3.05) is 26.2 Å². The van der Waals surface area contributed by atoms with Crippen LogP contribution in [0.1, 0.15) is 135 Å². The second-order valence-corrected chi connectivity index (χ2v) is 10.8. The molecular formula is C30H56NO6+. The lowest BCUT2D eigenvalue weighted by Gasteiger charge is -2.34. The van der Waals surface area contributed by atoms with Crippen LogP contribution < -0.4 is 0 Å². The van der Waals surface area contributed by atoms with Crippen molar-refractivity contribution in [3.05, 3.63) is 12.2 Å². The molecule has 7 nitrogen and oxygen atoms in total. The lowest BCUT2D eigenvalue weighted by molar-refractivity contribution is -0.907. The molecule has 0 bridgehead atoms. The zero-order valence-electron chi connectivity index (χ0n) is 23.6. The molecule has 0 aromatic carbocycles. The highest BCUT2D eigenvalue weighted by Crippen LogP contribution is 2.16. The lowest BCUT2D eigenvalue weighted by Crippen LogP contribution is -2.57. The summed E-state index contributed by atoms with van der Waals surface area (Å²) in [5, 5.41) is 27.4. The van der Waals surface area contributed by atoms with Gasteiger partial charge in [0.15, 0.2) is 19.6 Å². The van der Waals surface area contributed by atoms with Crippen LogP contribution >= 0.6 is 0 Å². The van der Waals surface area contributed by atoms with Crippen LogP contribution in [0.15, 0.2) is 12.2 Å². The molecule has 0 saturated heterocycles. The first kappa shape index (κ1) is 35.1. The van der Waals surface area contributed by atoms with Crippen LogP contribution in [-0.2, 0) is 14.4 Å². The summed E-state index contributed by atoms with van der Waals surface area (Å²) in [6, 6.07) is 0. The Balaban J connectivity index is 3.60. The molecule has 37 heavy (non-hydrogen) atoms. The van der Waals surface area contributed by atoms with Gasteiger partial charge in [-0.3, -0.25) is 4.48 Å². The number of allylic oxidation sites excluding steroid dienone is 2. The van der Waals surface area contributed by atoms with Crippen molar-refractivity contribution in [1.29, 1.82) is 0 Å². The number of hydrogen-bond donors (Lipinski definition) is 3. The number of carboxylic acid groups (broad SMARTS) is 3. The number of unbranched alkanes of at least 4 members (excludes halogenated alkanes) is 19. The van der Waals surface area contributed by atoms with E-state index in [2.05, 4.69) is 19.1 Å². The van der Waals surface area contributed by atoms with Gasteiger partial charge < -0.3 is 15.3 Å². The second-order valence-electron chi connectivity index (χ2n) is 10.8. The molecule has 0 aliphatic carbocycles. The Morgan fingerprint density at radius 3 is 1.03 bits per heavy atom. The average Bonchev–Trinajstić information content (AvgIpc) is 2.81. The van der Waals surface area contributed by atoms with E-state index in [1.54, 1.807) is 0 Å². The summed E-state index contributed by atoms with van der Waals surface area (Å²) < 4.78 is -0.433. The van der Waals surface area contributed by atoms with Gasteiger partial charge in [-0.2, -0.15) is 0 Å². The van der Waals surface area contributed by atoms with Gasteiger partial charge in [0.2, 0.25) is 0 Å². The summed E-state index contributed by atoms with van der Waals surface area (Å²) in [4.78, 5) is 33.6. The van der Waals surface area contributed by atoms with Gasteiger partial charge in [-0.25, -0.2) is 14.4 Å². The first-order valence-electron chi connectivity index (χ1n) is 14.9. The first-order valence-corrected chi connectivity index (χ1v) is 14.9. The van der Waals surface area contributed by atoms with E-state index in [0.717, 1.165) is 19.3 Å². The second kappa shape index (κ2) is 24.4. The van der Waals surface area contributed by atoms with Gasteiger partial charge in [0.25, 0.3) is 0 Å². The topological polar surface area (TPSA) is 112 Å². The van der Waals surface area contributed by atoms with Gasteiger partial charge in [0, 0.05) is 0 Å². The Morgan fingerprint density at radius 2 is 0.757 bits per heavy atom. The summed E-state index contributed by atoms with van der Waals surface area (Å²) in [6.45, 7) is 0.929. The van der Waals surface area contributed by atoms with E-state index in [4.69, 9.17) is 15.3 Å². The fraction of sp³-hybridized carbons (Fsp3) is 0.833. The van der Waals surface area contributed by atoms with Crippen molar-refractivity contribution < 1.29 is 34.2 Å². The SMILES string of the molecule is C/C=C/CCCCCCCCCCCCCCCCCCCCC[N+](CC(=O)O)(CC(=O)O)CC(=O)O. The zero-order chi connectivity index (χ0) is 27.6. The van der Waals surface area contributed by atoms with Crippen molar-refractivity contribution in [1.82, 2.24) is 0 Å². The zero-order valence-corrected chi connectivity index (χ0v) is 23.6. The number of nitrogens with zero attached hydrogens (tertiary/aromatic N) is 1. The van der Waals surface area contributed by atoms with Crippen LogP contribution in [0.4, 0.5) is 0 Å². The number of carbonyl (C=O) groups is 3. The predicted octanol–water partition coefficient (Wildman–Crippen LogP) is 7.44. The Hall–Kier alpha value is -1.89. The van der Waals surface area contributed by atoms with Crippen molar-refractivity contribution in [2.24, 2.45) is 0 Å². The highest BCUT2D eigenvalue weighted by molar-refractivity contribution is 5.73. The summed E-state index contributed by atoms with van der Waals surface area (Å²) in [5.74, 6) is -3.50. The molecule has 0 fully saturated rings. The summed E-state index contributed by atoms with van der Waals surface area (Å²) in [5.41, 5.74) is 0. The predicted molar refractivity (Wildman–Crippen MR) is 150 cm³/mol. The lowest BCUT2D eigenvalue weighted by atomic mass is 10.0. The minimum Gasteiger partial charge on any atom is -0.477 e. The van der Waals surface area contributed by atoms with Gasteiger partial charge in [-0.05, 0) is 32.6 Å². The molecule has 0 aromatic heterocycles. The first-order chi connectivity index (χ1) is 17.8. The standard InChI is InChI=1S/C30H55NO6/c1-2-3-4-5-6-7-8-9-10-11-12-13-14-15-16-17-18-19-20-21-22-23-24-31(25-28(32)33,26-29(34)35)27-30(36)37/h2-3H,4-27H2,1H3,(H2-,32,33,34,35,36,37)/p+1/b3-2+. The van der Waals surface area contributed by atoms with Gasteiger partial charge in [-0.1, -0.05) is 115 Å². The molecule has 0 rings (SSSR count). The van der Waals surface area contributed by atoms with E-state index in [1.807, 2.05) is 0 Å². The average molecular weight is 527 g/mol. The molecule has 0 aliphatic heterocycles. The van der Waals surface area contributed by atoms with Crippen molar-refractivity contribution in [2.45, 2.75) is 135 Å². The van der Waals surface area contributed by atoms with Crippen molar-refractivity contribution in [3.63, 3.8) is 0 Å². The summed E-state index contributed by atoms with van der Waals surface area (Å²) in [7, 11) is 0. The number of hydrogen-bond acceptors (Lipinski definition) is 3. The van der Waals surface area contributed by atoms with Crippen molar-refractivity contribution in [3.8, 4) is 0 Å². The monoisotopic (exact) mass is 526 g/mol. The number of quaternary nitrogens is 1. The molecule has 3 N–H and O–H groups in total. The molecule has 0 aromatic rings. The third-order valence-electron chi connectivity index (χ3n) is 7.15. The summed E-state index contributed by atoms with van der Waals surface area (Å²) in [6.07, 6.45) is 29.5. The molecule has 7 heteroatoms. The Bertz CT molecular complexity index is 578. The van der Waals surface area contributed by atoms with Crippen molar-refractivity contribution >= 4 is 17.9 Å². The van der Waals surface area contributed by atoms with E-state index >= 15 is 0 Å².